The number of hydrogen-bond donors (Lipinski definition) is 1. The molecule has 1 N–H and O–H groups in total. The molecule has 1 aromatic heterocycles. The fourth-order valence-electron chi connectivity index (χ4n) is 3.04. The molecule has 0 amide bonds. The molecule has 1 saturated carbocycles. The minimum Gasteiger partial charge on any atom is -0.507 e. The van der Waals surface area contributed by atoms with E-state index in [1.165, 1.54) is 32.1 Å². The minimum atomic E-state index is 0.168. The van der Waals surface area contributed by atoms with Crippen molar-refractivity contribution in [2.75, 3.05) is 6.61 Å². The average molecular weight is 374 g/mol. The molecular formula is C20H27N3O2S. The molecule has 1 aromatic carbocycles. The van der Waals surface area contributed by atoms with Gasteiger partial charge in [0.25, 0.3) is 0 Å². The highest BCUT2D eigenvalue weighted by Crippen LogP contribution is 2.23. The van der Waals surface area contributed by atoms with Crippen molar-refractivity contribution in [1.29, 1.82) is 0 Å². The average Bonchev–Trinajstić information content (AvgIpc) is 2.99. The van der Waals surface area contributed by atoms with Gasteiger partial charge in [-0.05, 0) is 38.3 Å². The van der Waals surface area contributed by atoms with Crippen LogP contribution in [0.2, 0.25) is 0 Å². The minimum absolute atomic E-state index is 0.168. The maximum Gasteiger partial charge on any atom is 0.206 e. The van der Waals surface area contributed by atoms with Crippen molar-refractivity contribution >= 4 is 17.6 Å². The third-order valence-corrected chi connectivity index (χ3v) is 5.45. The van der Waals surface area contributed by atoms with Crippen LogP contribution in [0, 0.1) is 6.92 Å². The van der Waals surface area contributed by atoms with Crippen LogP contribution >= 0.6 is 11.3 Å². The molecule has 1 fully saturated rings. The fraction of sp³-hybridized carbons (Fsp3) is 0.500. The van der Waals surface area contributed by atoms with Crippen LogP contribution in [0.3, 0.4) is 0 Å². The van der Waals surface area contributed by atoms with Crippen LogP contribution in [-0.2, 0) is 0 Å². The number of aromatic hydroxyl groups is 1. The Morgan fingerprint density at radius 3 is 2.85 bits per heavy atom. The lowest BCUT2D eigenvalue weighted by molar-refractivity contribution is 0.315. The Hall–Kier alpha value is -2.08. The van der Waals surface area contributed by atoms with Crippen molar-refractivity contribution in [1.82, 2.24) is 4.68 Å². The molecule has 1 aliphatic rings. The molecule has 5 nitrogen and oxygen atoms in total. The van der Waals surface area contributed by atoms with Gasteiger partial charge in [0, 0.05) is 17.0 Å². The highest BCUT2D eigenvalue weighted by atomic mass is 32.1. The Morgan fingerprint density at radius 1 is 1.31 bits per heavy atom. The van der Waals surface area contributed by atoms with Gasteiger partial charge in [-0.15, -0.1) is 11.3 Å². The quantitative estimate of drug-likeness (QED) is 0.760. The summed E-state index contributed by atoms with van der Waals surface area (Å²) in [7, 11) is 0. The van der Waals surface area contributed by atoms with Crippen molar-refractivity contribution in [2.45, 2.75) is 58.4 Å². The van der Waals surface area contributed by atoms with Gasteiger partial charge in [0.05, 0.1) is 24.6 Å². The van der Waals surface area contributed by atoms with Crippen LogP contribution in [0.4, 0.5) is 0 Å². The number of thiazole rings is 1. The summed E-state index contributed by atoms with van der Waals surface area (Å²) in [5.41, 5.74) is 1.71. The summed E-state index contributed by atoms with van der Waals surface area (Å²) < 4.78 is 7.40. The van der Waals surface area contributed by atoms with E-state index < -0.39 is 0 Å². The lowest BCUT2D eigenvalue weighted by Gasteiger charge is -2.16. The van der Waals surface area contributed by atoms with Gasteiger partial charge in [-0.25, -0.2) is 4.68 Å². The fourth-order valence-corrected chi connectivity index (χ4v) is 3.92. The van der Waals surface area contributed by atoms with Gasteiger partial charge in [0.2, 0.25) is 4.80 Å². The number of aryl methyl sites for hydroxylation is 1. The second-order valence-corrected chi connectivity index (χ2v) is 7.54. The van der Waals surface area contributed by atoms with Crippen LogP contribution in [-0.4, -0.2) is 28.6 Å². The van der Waals surface area contributed by atoms with E-state index in [9.17, 15) is 5.11 Å². The zero-order valence-electron chi connectivity index (χ0n) is 15.5. The SMILES string of the molecule is CCCOc1ccc(C=Nn2c(C)csc2=NC2CCCCC2)c(O)c1. The lowest BCUT2D eigenvalue weighted by Crippen LogP contribution is -2.19. The molecule has 1 heterocycles. The molecule has 1 aliphatic carbocycles. The molecule has 140 valence electrons. The van der Waals surface area contributed by atoms with Gasteiger partial charge in [-0.3, -0.25) is 4.99 Å². The third-order valence-electron chi connectivity index (χ3n) is 4.50. The van der Waals surface area contributed by atoms with Crippen molar-refractivity contribution in [3.05, 3.63) is 39.6 Å². The predicted octanol–water partition coefficient (Wildman–Crippen LogP) is 4.47. The maximum absolute atomic E-state index is 10.2. The van der Waals surface area contributed by atoms with E-state index in [2.05, 4.69) is 17.4 Å². The first-order valence-corrected chi connectivity index (χ1v) is 10.3. The van der Waals surface area contributed by atoms with E-state index >= 15 is 0 Å². The molecule has 0 atom stereocenters. The molecule has 0 spiro atoms. The van der Waals surface area contributed by atoms with Crippen molar-refractivity contribution in [3.8, 4) is 11.5 Å². The molecule has 0 aliphatic heterocycles. The van der Waals surface area contributed by atoms with E-state index in [-0.39, 0.29) is 5.75 Å². The molecule has 3 rings (SSSR count). The van der Waals surface area contributed by atoms with Gasteiger partial charge in [-0.2, -0.15) is 5.10 Å². The summed E-state index contributed by atoms with van der Waals surface area (Å²) in [5, 5.41) is 16.8. The van der Waals surface area contributed by atoms with E-state index in [0.717, 1.165) is 16.9 Å². The van der Waals surface area contributed by atoms with E-state index in [0.29, 0.717) is 24.0 Å². The standard InChI is InChI=1S/C20H27N3O2S/c1-3-11-25-18-10-9-16(19(24)12-18)13-21-23-15(2)14-26-20(23)22-17-7-5-4-6-8-17/h9-10,12-14,17,24H,3-8,11H2,1-2H3. The Bertz CT molecular complexity index is 817. The van der Waals surface area contributed by atoms with E-state index in [1.807, 2.05) is 23.7 Å². The highest BCUT2D eigenvalue weighted by Gasteiger charge is 2.12. The van der Waals surface area contributed by atoms with Crippen molar-refractivity contribution in [3.63, 3.8) is 0 Å². The monoisotopic (exact) mass is 373 g/mol. The molecule has 26 heavy (non-hydrogen) atoms. The first-order chi connectivity index (χ1) is 12.7. The van der Waals surface area contributed by atoms with E-state index in [4.69, 9.17) is 9.73 Å². The van der Waals surface area contributed by atoms with Gasteiger partial charge >= 0.3 is 0 Å². The smallest absolute Gasteiger partial charge is 0.206 e. The normalized spacial score (nSPS) is 16.5. The zero-order chi connectivity index (χ0) is 18.4. The largest absolute Gasteiger partial charge is 0.507 e. The van der Waals surface area contributed by atoms with Gasteiger partial charge < -0.3 is 9.84 Å². The molecule has 0 bridgehead atoms. The highest BCUT2D eigenvalue weighted by molar-refractivity contribution is 7.07. The predicted molar refractivity (Wildman–Crippen MR) is 106 cm³/mol. The number of benzene rings is 1. The Kier molecular flexibility index (Phi) is 6.50. The molecule has 0 radical (unpaired) electrons. The van der Waals surface area contributed by atoms with Gasteiger partial charge in [0.1, 0.15) is 11.5 Å². The van der Waals surface area contributed by atoms with E-state index in [1.54, 1.807) is 23.6 Å². The van der Waals surface area contributed by atoms with Crippen molar-refractivity contribution < 1.29 is 9.84 Å². The van der Waals surface area contributed by atoms with Gasteiger partial charge in [-0.1, -0.05) is 26.2 Å². The summed E-state index contributed by atoms with van der Waals surface area (Å²) in [6.45, 7) is 4.72. The second kappa shape index (κ2) is 9.03. The number of rotatable bonds is 6. The zero-order valence-corrected chi connectivity index (χ0v) is 16.3. The molecule has 2 aromatic rings. The number of aromatic nitrogens is 1. The van der Waals surface area contributed by atoms with Crippen LogP contribution in [0.5, 0.6) is 11.5 Å². The third kappa shape index (κ3) is 4.75. The summed E-state index contributed by atoms with van der Waals surface area (Å²) in [5.74, 6) is 0.843. The van der Waals surface area contributed by atoms with Crippen molar-refractivity contribution in [2.24, 2.45) is 10.1 Å². The lowest BCUT2D eigenvalue weighted by atomic mass is 9.96. The summed E-state index contributed by atoms with van der Waals surface area (Å²) in [6.07, 6.45) is 8.81. The number of phenols is 1. The van der Waals surface area contributed by atoms with Crippen LogP contribution in [0.25, 0.3) is 0 Å². The first-order valence-electron chi connectivity index (χ1n) is 9.38. The van der Waals surface area contributed by atoms with Crippen LogP contribution < -0.4 is 9.54 Å². The number of nitrogens with zero attached hydrogens (tertiary/aromatic N) is 3. The molecule has 6 heteroatoms. The molecule has 0 saturated heterocycles. The topological polar surface area (TPSA) is 59.1 Å². The summed E-state index contributed by atoms with van der Waals surface area (Å²) in [6, 6.07) is 5.72. The summed E-state index contributed by atoms with van der Waals surface area (Å²) in [4.78, 5) is 5.83. The van der Waals surface area contributed by atoms with Gasteiger partial charge in [0.15, 0.2) is 0 Å². The number of phenolic OH excluding ortho intramolecular Hbond substituents is 1. The Balaban J connectivity index is 1.80. The first kappa shape index (κ1) is 18.7. The summed E-state index contributed by atoms with van der Waals surface area (Å²) >= 11 is 1.62. The van der Waals surface area contributed by atoms with Crippen LogP contribution in [0.15, 0.2) is 33.7 Å². The maximum atomic E-state index is 10.2. The number of hydrogen-bond acceptors (Lipinski definition) is 5. The number of ether oxygens (including phenoxy) is 1. The van der Waals surface area contributed by atoms with Crippen LogP contribution in [0.1, 0.15) is 56.7 Å². The Labute approximate surface area is 158 Å². The second-order valence-electron chi connectivity index (χ2n) is 6.71. The Morgan fingerprint density at radius 2 is 2.12 bits per heavy atom. The molecular weight excluding hydrogens is 346 g/mol. The molecule has 0 unspecified atom stereocenters.